The van der Waals surface area contributed by atoms with E-state index in [0.29, 0.717) is 28.8 Å². The molecular formula is C25H26N4O2. The van der Waals surface area contributed by atoms with E-state index in [1.165, 1.54) is 30.5 Å². The van der Waals surface area contributed by atoms with Gasteiger partial charge in [0.1, 0.15) is 5.82 Å². The van der Waals surface area contributed by atoms with E-state index in [1.807, 2.05) is 43.3 Å². The Morgan fingerprint density at radius 1 is 1.03 bits per heavy atom. The minimum atomic E-state index is -0.180. The summed E-state index contributed by atoms with van der Waals surface area (Å²) < 4.78 is 0. The first-order valence-electron chi connectivity index (χ1n) is 11.0. The van der Waals surface area contributed by atoms with Crippen LogP contribution >= 0.6 is 0 Å². The fourth-order valence-electron chi connectivity index (χ4n) is 4.62. The molecule has 5 rings (SSSR count). The lowest BCUT2D eigenvalue weighted by atomic mass is 10.0. The van der Waals surface area contributed by atoms with Crippen LogP contribution in [0.1, 0.15) is 53.6 Å². The fourth-order valence-corrected chi connectivity index (χ4v) is 4.62. The number of para-hydroxylation sites is 1. The molecule has 0 saturated carbocycles. The van der Waals surface area contributed by atoms with E-state index in [4.69, 9.17) is 0 Å². The normalized spacial score (nSPS) is 13.8. The van der Waals surface area contributed by atoms with Crippen molar-refractivity contribution in [2.24, 2.45) is 0 Å². The predicted molar refractivity (Wildman–Crippen MR) is 122 cm³/mol. The van der Waals surface area contributed by atoms with E-state index in [1.54, 1.807) is 11.0 Å². The summed E-state index contributed by atoms with van der Waals surface area (Å²) >= 11 is 0. The Morgan fingerprint density at radius 2 is 1.87 bits per heavy atom. The maximum atomic E-state index is 13.3. The van der Waals surface area contributed by atoms with Gasteiger partial charge >= 0.3 is 0 Å². The molecule has 0 spiro atoms. The van der Waals surface area contributed by atoms with Crippen molar-refractivity contribution in [2.75, 3.05) is 6.54 Å². The highest BCUT2D eigenvalue weighted by atomic mass is 16.2. The number of rotatable bonds is 4. The minimum absolute atomic E-state index is 0.0521. The first-order chi connectivity index (χ1) is 15.1. The molecule has 2 aromatic heterocycles. The molecule has 31 heavy (non-hydrogen) atoms. The molecule has 0 saturated heterocycles. The van der Waals surface area contributed by atoms with E-state index < -0.39 is 0 Å². The summed E-state index contributed by atoms with van der Waals surface area (Å²) in [6, 6.07) is 13.2. The first-order valence-corrected chi connectivity index (χ1v) is 11.0. The van der Waals surface area contributed by atoms with Gasteiger partial charge in [-0.2, -0.15) is 0 Å². The van der Waals surface area contributed by atoms with Gasteiger partial charge in [-0.15, -0.1) is 0 Å². The lowest BCUT2D eigenvalue weighted by Gasteiger charge is -2.20. The number of carbonyl (C=O) groups excluding carboxylic acids is 1. The molecule has 2 N–H and O–H groups in total. The standard InChI is InChI=1S/C25H26N4O2/c1-2-29(15-23-27-21-11-7-6-9-18(21)24(30)28-23)25(31)16-12-13-22-19(14-16)17-8-4-3-5-10-20(17)26-22/h6-7,9,11-14,26H,2-5,8,10,15H2,1H3,(H,27,28,30). The zero-order valence-corrected chi connectivity index (χ0v) is 17.7. The molecule has 0 fully saturated rings. The third kappa shape index (κ3) is 3.63. The summed E-state index contributed by atoms with van der Waals surface area (Å²) in [6.07, 6.45) is 5.80. The number of aromatic amines is 2. The summed E-state index contributed by atoms with van der Waals surface area (Å²) in [5, 5.41) is 1.72. The topological polar surface area (TPSA) is 81.8 Å². The van der Waals surface area contributed by atoms with Crippen molar-refractivity contribution in [3.8, 4) is 0 Å². The van der Waals surface area contributed by atoms with Gasteiger partial charge in [0.2, 0.25) is 0 Å². The lowest BCUT2D eigenvalue weighted by Crippen LogP contribution is -2.32. The van der Waals surface area contributed by atoms with E-state index in [2.05, 4.69) is 15.0 Å². The number of aryl methyl sites for hydroxylation is 2. The summed E-state index contributed by atoms with van der Waals surface area (Å²) in [5.74, 6) is 0.444. The maximum absolute atomic E-state index is 13.3. The van der Waals surface area contributed by atoms with Gasteiger partial charge in [0.05, 0.1) is 17.4 Å². The summed E-state index contributed by atoms with van der Waals surface area (Å²) in [4.78, 5) is 38.4. The van der Waals surface area contributed by atoms with Crippen LogP contribution < -0.4 is 5.56 Å². The molecule has 0 aliphatic heterocycles. The van der Waals surface area contributed by atoms with Crippen LogP contribution in [0.4, 0.5) is 0 Å². The van der Waals surface area contributed by atoms with Gasteiger partial charge < -0.3 is 14.9 Å². The number of fused-ring (bicyclic) bond motifs is 4. The summed E-state index contributed by atoms with van der Waals surface area (Å²) in [7, 11) is 0. The second kappa shape index (κ2) is 8.02. The van der Waals surface area contributed by atoms with Crippen LogP contribution in [0.2, 0.25) is 0 Å². The van der Waals surface area contributed by atoms with Crippen LogP contribution in [0, 0.1) is 0 Å². The zero-order valence-electron chi connectivity index (χ0n) is 17.7. The Bertz CT molecular complexity index is 1330. The second-order valence-electron chi connectivity index (χ2n) is 8.25. The van der Waals surface area contributed by atoms with Crippen molar-refractivity contribution in [1.29, 1.82) is 0 Å². The number of hydrogen-bond donors (Lipinski definition) is 2. The highest BCUT2D eigenvalue weighted by Crippen LogP contribution is 2.29. The smallest absolute Gasteiger partial charge is 0.258 e. The van der Waals surface area contributed by atoms with Crippen LogP contribution in [0.15, 0.2) is 47.3 Å². The molecule has 0 bridgehead atoms. The third-order valence-corrected chi connectivity index (χ3v) is 6.27. The molecule has 0 radical (unpaired) electrons. The summed E-state index contributed by atoms with van der Waals surface area (Å²) in [5.41, 5.74) is 4.92. The molecule has 6 nitrogen and oxygen atoms in total. The molecule has 2 heterocycles. The quantitative estimate of drug-likeness (QED) is 0.488. The van der Waals surface area contributed by atoms with Gasteiger partial charge in [0.15, 0.2) is 0 Å². The van der Waals surface area contributed by atoms with Crippen LogP contribution in [0.5, 0.6) is 0 Å². The Balaban J connectivity index is 1.46. The zero-order chi connectivity index (χ0) is 21.4. The highest BCUT2D eigenvalue weighted by Gasteiger charge is 2.19. The number of benzene rings is 2. The van der Waals surface area contributed by atoms with Crippen molar-refractivity contribution in [3.63, 3.8) is 0 Å². The van der Waals surface area contributed by atoms with Gasteiger partial charge in [-0.25, -0.2) is 4.98 Å². The molecule has 2 aromatic carbocycles. The average molecular weight is 415 g/mol. The minimum Gasteiger partial charge on any atom is -0.358 e. The van der Waals surface area contributed by atoms with E-state index in [0.717, 1.165) is 23.7 Å². The van der Waals surface area contributed by atoms with Crippen LogP contribution in [0.25, 0.3) is 21.8 Å². The average Bonchev–Trinajstić information content (AvgIpc) is 2.96. The second-order valence-corrected chi connectivity index (χ2v) is 8.25. The Morgan fingerprint density at radius 3 is 2.74 bits per heavy atom. The SMILES string of the molecule is CCN(Cc1nc2ccccc2c(=O)[nH]1)C(=O)c1ccc2[nH]c3c(c2c1)CCCCC3. The van der Waals surface area contributed by atoms with E-state index >= 15 is 0 Å². The van der Waals surface area contributed by atoms with Gasteiger partial charge in [-0.1, -0.05) is 18.6 Å². The van der Waals surface area contributed by atoms with Crippen LogP contribution in [-0.4, -0.2) is 32.3 Å². The van der Waals surface area contributed by atoms with Crippen LogP contribution in [-0.2, 0) is 19.4 Å². The fraction of sp³-hybridized carbons (Fsp3) is 0.320. The number of nitrogens with zero attached hydrogens (tertiary/aromatic N) is 2. The third-order valence-electron chi connectivity index (χ3n) is 6.27. The molecular weight excluding hydrogens is 388 g/mol. The Kier molecular flexibility index (Phi) is 5.06. The number of aromatic nitrogens is 3. The van der Waals surface area contributed by atoms with Crippen molar-refractivity contribution in [1.82, 2.24) is 19.9 Å². The number of H-pyrrole nitrogens is 2. The predicted octanol–water partition coefficient (Wildman–Crippen LogP) is 4.34. The van der Waals surface area contributed by atoms with Gasteiger partial charge in [-0.05, 0) is 68.5 Å². The lowest BCUT2D eigenvalue weighted by molar-refractivity contribution is 0.0748. The van der Waals surface area contributed by atoms with Gasteiger partial charge in [0, 0.05) is 28.7 Å². The number of hydrogen-bond acceptors (Lipinski definition) is 3. The first kappa shape index (κ1) is 19.5. The molecule has 1 aliphatic carbocycles. The number of carbonyl (C=O) groups is 1. The van der Waals surface area contributed by atoms with Crippen molar-refractivity contribution in [3.05, 3.63) is 75.5 Å². The van der Waals surface area contributed by atoms with Crippen molar-refractivity contribution >= 4 is 27.7 Å². The molecule has 6 heteroatoms. The maximum Gasteiger partial charge on any atom is 0.258 e. The molecule has 0 atom stereocenters. The molecule has 1 amide bonds. The van der Waals surface area contributed by atoms with Crippen molar-refractivity contribution in [2.45, 2.75) is 45.6 Å². The number of amides is 1. The molecule has 1 aliphatic rings. The Labute approximate surface area is 180 Å². The largest absolute Gasteiger partial charge is 0.358 e. The number of nitrogens with one attached hydrogen (secondary N) is 2. The van der Waals surface area contributed by atoms with E-state index in [-0.39, 0.29) is 18.0 Å². The summed E-state index contributed by atoms with van der Waals surface area (Å²) in [6.45, 7) is 2.73. The van der Waals surface area contributed by atoms with Gasteiger partial charge in [0.25, 0.3) is 11.5 Å². The monoisotopic (exact) mass is 414 g/mol. The van der Waals surface area contributed by atoms with Crippen LogP contribution in [0.3, 0.4) is 0 Å². The van der Waals surface area contributed by atoms with Crippen molar-refractivity contribution < 1.29 is 4.79 Å². The molecule has 4 aromatic rings. The van der Waals surface area contributed by atoms with Gasteiger partial charge in [-0.3, -0.25) is 9.59 Å². The van der Waals surface area contributed by atoms with E-state index in [9.17, 15) is 9.59 Å². The highest BCUT2D eigenvalue weighted by molar-refractivity contribution is 5.99. The molecule has 0 unspecified atom stereocenters. The molecule has 158 valence electrons. The Hall–Kier alpha value is -3.41.